The number of benzene rings is 2. The monoisotopic (exact) mass is 823 g/mol. The van der Waals surface area contributed by atoms with Crippen LogP contribution in [0, 0.1) is 28.6 Å². The number of piperidine rings is 1. The van der Waals surface area contributed by atoms with Crippen LogP contribution in [0.1, 0.15) is 112 Å². The molecule has 2 aliphatic carbocycles. The van der Waals surface area contributed by atoms with Crippen molar-refractivity contribution in [2.45, 2.75) is 137 Å². The molecule has 4 aromatic rings. The minimum atomic E-state index is -3.45. The highest BCUT2D eigenvalue weighted by Crippen LogP contribution is 2.36. The first-order valence-corrected chi connectivity index (χ1v) is 22.4. The molecule has 3 aliphatic rings. The number of imidazole rings is 2. The molecular formula is C43H62BrN5O4S. The third-order valence-electron chi connectivity index (χ3n) is 10.3. The summed E-state index contributed by atoms with van der Waals surface area (Å²) in [7, 11) is -3.45. The van der Waals surface area contributed by atoms with Crippen LogP contribution in [0.3, 0.4) is 0 Å². The lowest BCUT2D eigenvalue weighted by molar-refractivity contribution is 0.0191. The summed E-state index contributed by atoms with van der Waals surface area (Å²) in [5.74, 6) is 3.99. The van der Waals surface area contributed by atoms with E-state index in [0.29, 0.717) is 36.7 Å². The second kappa shape index (κ2) is 15.5. The second-order valence-electron chi connectivity index (χ2n) is 19.6. The van der Waals surface area contributed by atoms with Crippen LogP contribution >= 0.6 is 15.9 Å². The van der Waals surface area contributed by atoms with Gasteiger partial charge in [0.15, 0.2) is 9.84 Å². The van der Waals surface area contributed by atoms with Crippen molar-refractivity contribution in [3.63, 3.8) is 0 Å². The SMILES string of the molecule is CC(C)(C)Cc1nc2cc(Br)ccc2n1CC1CC1.CC(C)(C)Cc1nc2cc(S(=O)(=O)CC3CCN(C(=O)OC(C)(C)C)CC3)ccc2n1CC1CC1. The minimum Gasteiger partial charge on any atom is -0.444 e. The third kappa shape index (κ3) is 11.1. The number of halogens is 1. The van der Waals surface area contributed by atoms with Crippen molar-refractivity contribution in [3.8, 4) is 0 Å². The number of fused-ring (bicyclic) bond motifs is 2. The van der Waals surface area contributed by atoms with Gasteiger partial charge in [-0.25, -0.2) is 23.2 Å². The topological polar surface area (TPSA) is 99.3 Å². The Morgan fingerprint density at radius 3 is 1.67 bits per heavy atom. The molecule has 2 aromatic carbocycles. The Balaban J connectivity index is 0.000000219. The molecule has 296 valence electrons. The number of carbonyl (C=O) groups excluding carboxylic acids is 1. The number of carbonyl (C=O) groups is 1. The Morgan fingerprint density at radius 2 is 1.20 bits per heavy atom. The van der Waals surface area contributed by atoms with Gasteiger partial charge in [-0.05, 0) is 124 Å². The van der Waals surface area contributed by atoms with Crippen molar-refractivity contribution in [3.05, 3.63) is 52.5 Å². The van der Waals surface area contributed by atoms with Gasteiger partial charge in [0.2, 0.25) is 0 Å². The first-order chi connectivity index (χ1) is 25.1. The van der Waals surface area contributed by atoms with Crippen LogP contribution in [0.5, 0.6) is 0 Å². The summed E-state index contributed by atoms with van der Waals surface area (Å²) in [6, 6.07) is 11.9. The Bertz CT molecular complexity index is 2070. The highest BCUT2D eigenvalue weighted by atomic mass is 79.9. The minimum absolute atomic E-state index is 0.0262. The summed E-state index contributed by atoms with van der Waals surface area (Å²) in [6.07, 6.45) is 8.16. The fourth-order valence-electron chi connectivity index (χ4n) is 7.26. The standard InChI is InChI=1S/C27H41N3O4S.C16H21BrN2/c1-26(2,3)16-24-28-22-15-21(9-10-23(22)30(24)17-19-7-8-19)35(32,33)18-20-11-13-29(14-12-20)25(31)34-27(4,5)6;1-16(2,3)9-15-18-13-8-12(17)6-7-14(13)19(15)10-11-4-5-11/h9-10,15,19-20H,7-8,11-14,16-18H2,1-6H3;6-8,11H,4-5,9-10H2,1-3H3. The molecular weight excluding hydrogens is 762 g/mol. The Morgan fingerprint density at radius 1 is 0.722 bits per heavy atom. The number of nitrogens with zero attached hydrogens (tertiary/aromatic N) is 5. The quantitative estimate of drug-likeness (QED) is 0.167. The van der Waals surface area contributed by atoms with Crippen LogP contribution < -0.4 is 0 Å². The average molecular weight is 825 g/mol. The summed E-state index contributed by atoms with van der Waals surface area (Å²) in [5, 5.41) is 0. The molecule has 0 spiro atoms. The summed E-state index contributed by atoms with van der Waals surface area (Å²) >= 11 is 3.54. The van der Waals surface area contributed by atoms with Crippen LogP contribution in [0.4, 0.5) is 4.79 Å². The molecule has 0 atom stereocenters. The van der Waals surface area contributed by atoms with Crippen molar-refractivity contribution in [1.29, 1.82) is 0 Å². The lowest BCUT2D eigenvalue weighted by atomic mass is 9.92. The normalized spacial score (nSPS) is 17.6. The van der Waals surface area contributed by atoms with Crippen LogP contribution in [0.2, 0.25) is 0 Å². The number of hydrogen-bond acceptors (Lipinski definition) is 6. The van der Waals surface area contributed by atoms with Gasteiger partial charge >= 0.3 is 6.09 Å². The molecule has 1 amide bonds. The molecule has 54 heavy (non-hydrogen) atoms. The van der Waals surface area contributed by atoms with Crippen molar-refractivity contribution >= 4 is 53.9 Å². The molecule has 1 saturated heterocycles. The van der Waals surface area contributed by atoms with E-state index in [-0.39, 0.29) is 28.6 Å². The van der Waals surface area contributed by atoms with Gasteiger partial charge in [-0.2, -0.15) is 0 Å². The van der Waals surface area contributed by atoms with Crippen molar-refractivity contribution < 1.29 is 17.9 Å². The zero-order valence-corrected chi connectivity index (χ0v) is 36.4. The lowest BCUT2D eigenvalue weighted by Gasteiger charge is -2.33. The number of hydrogen-bond donors (Lipinski definition) is 0. The molecule has 1 aliphatic heterocycles. The maximum Gasteiger partial charge on any atom is 0.410 e. The summed E-state index contributed by atoms with van der Waals surface area (Å²) in [5.41, 5.74) is 4.05. The molecule has 3 fully saturated rings. The Labute approximate surface area is 331 Å². The molecule has 2 saturated carbocycles. The highest BCUT2D eigenvalue weighted by molar-refractivity contribution is 9.10. The molecule has 0 bridgehead atoms. The summed E-state index contributed by atoms with van der Waals surface area (Å²) < 4.78 is 37.9. The maximum atomic E-state index is 13.3. The highest BCUT2D eigenvalue weighted by Gasteiger charge is 2.31. The summed E-state index contributed by atoms with van der Waals surface area (Å²) in [4.78, 5) is 24.1. The van der Waals surface area contributed by atoms with E-state index in [4.69, 9.17) is 14.7 Å². The van der Waals surface area contributed by atoms with Gasteiger partial charge in [0.05, 0.1) is 32.7 Å². The van der Waals surface area contributed by atoms with Crippen LogP contribution in [0.15, 0.2) is 45.8 Å². The van der Waals surface area contributed by atoms with Gasteiger partial charge in [0.25, 0.3) is 0 Å². The molecule has 7 rings (SSSR count). The van der Waals surface area contributed by atoms with E-state index < -0.39 is 15.4 Å². The first kappa shape index (κ1) is 40.7. The fraction of sp³-hybridized carbons (Fsp3) is 0.651. The number of ether oxygens (including phenoxy) is 1. The molecule has 0 radical (unpaired) electrons. The van der Waals surface area contributed by atoms with Crippen molar-refractivity contribution in [1.82, 2.24) is 24.0 Å². The predicted molar refractivity (Wildman–Crippen MR) is 222 cm³/mol. The number of aromatic nitrogens is 4. The van der Waals surface area contributed by atoms with Crippen LogP contribution in [-0.2, 0) is 40.5 Å². The zero-order chi connectivity index (χ0) is 39.2. The van der Waals surface area contributed by atoms with Gasteiger partial charge in [0.1, 0.15) is 17.2 Å². The van der Waals surface area contributed by atoms with E-state index >= 15 is 0 Å². The largest absolute Gasteiger partial charge is 0.444 e. The van der Waals surface area contributed by atoms with Crippen molar-refractivity contribution in [2.24, 2.45) is 28.6 Å². The smallest absolute Gasteiger partial charge is 0.410 e. The van der Waals surface area contributed by atoms with Gasteiger partial charge in [-0.15, -0.1) is 0 Å². The third-order valence-corrected chi connectivity index (χ3v) is 12.7. The zero-order valence-electron chi connectivity index (χ0n) is 34.0. The van der Waals surface area contributed by atoms with E-state index in [2.05, 4.69) is 84.8 Å². The number of amides is 1. The van der Waals surface area contributed by atoms with E-state index in [9.17, 15) is 13.2 Å². The molecule has 11 heteroatoms. The van der Waals surface area contributed by atoms with Crippen molar-refractivity contribution in [2.75, 3.05) is 18.8 Å². The second-order valence-corrected chi connectivity index (χ2v) is 22.6. The Kier molecular flexibility index (Phi) is 11.7. The molecule has 2 aromatic heterocycles. The maximum absolute atomic E-state index is 13.3. The molecule has 0 unspecified atom stereocenters. The summed E-state index contributed by atoms with van der Waals surface area (Å²) in [6.45, 7) is 22.2. The number of sulfone groups is 1. The van der Waals surface area contributed by atoms with Gasteiger partial charge in [-0.3, -0.25) is 0 Å². The van der Waals surface area contributed by atoms with Crippen LogP contribution in [-0.4, -0.2) is 63.0 Å². The molecule has 9 nitrogen and oxygen atoms in total. The Hall–Kier alpha value is -2.92. The average Bonchev–Trinajstić information content (AvgIpc) is 3.97. The van der Waals surface area contributed by atoms with E-state index in [1.807, 2.05) is 26.8 Å². The predicted octanol–water partition coefficient (Wildman–Crippen LogP) is 10.3. The lowest BCUT2D eigenvalue weighted by Crippen LogP contribution is -2.42. The van der Waals surface area contributed by atoms with E-state index in [0.717, 1.165) is 58.7 Å². The molecule has 3 heterocycles. The number of rotatable bonds is 9. The van der Waals surface area contributed by atoms with Crippen LogP contribution in [0.25, 0.3) is 22.1 Å². The van der Waals surface area contributed by atoms with Gasteiger partial charge in [0, 0.05) is 43.5 Å². The fourth-order valence-corrected chi connectivity index (χ4v) is 9.33. The first-order valence-electron chi connectivity index (χ1n) is 20.0. The molecule has 0 N–H and O–H groups in total. The van der Waals surface area contributed by atoms with E-state index in [1.165, 1.54) is 37.0 Å². The van der Waals surface area contributed by atoms with Gasteiger partial charge < -0.3 is 18.8 Å². The number of likely N-dealkylation sites (tertiary alicyclic amines) is 1. The van der Waals surface area contributed by atoms with Gasteiger partial charge in [-0.1, -0.05) is 57.5 Å². The van der Waals surface area contributed by atoms with E-state index in [1.54, 1.807) is 17.0 Å².